The summed E-state index contributed by atoms with van der Waals surface area (Å²) in [5.41, 5.74) is 2.24. The highest BCUT2D eigenvalue weighted by atomic mass is 16.2. The zero-order valence-corrected chi connectivity index (χ0v) is 15.0. The van der Waals surface area contributed by atoms with Crippen LogP contribution in [0, 0.1) is 24.7 Å². The Morgan fingerprint density at radius 1 is 1.27 bits per heavy atom. The first kappa shape index (κ1) is 17.1. The number of hydrogen-bond acceptors (Lipinski definition) is 3. The summed E-state index contributed by atoms with van der Waals surface area (Å²) in [6, 6.07) is 7.73. The molecule has 2 N–H and O–H groups in total. The Hall–Kier alpha value is -2.37. The fourth-order valence-corrected chi connectivity index (χ4v) is 4.42. The lowest BCUT2D eigenvalue weighted by Gasteiger charge is -2.20. The number of likely N-dealkylation sites (tertiary alicyclic amines) is 1. The Morgan fingerprint density at radius 2 is 2.04 bits per heavy atom. The molecular weight excluding hydrogens is 330 g/mol. The largest absolute Gasteiger partial charge is 0.354 e. The van der Waals surface area contributed by atoms with Gasteiger partial charge in [-0.3, -0.25) is 14.4 Å². The maximum Gasteiger partial charge on any atom is 0.242 e. The molecule has 2 heterocycles. The van der Waals surface area contributed by atoms with E-state index in [-0.39, 0.29) is 23.8 Å². The normalized spacial score (nSPS) is 29.3. The van der Waals surface area contributed by atoms with Crippen molar-refractivity contribution in [3.8, 4) is 0 Å². The molecule has 2 aliphatic heterocycles. The highest BCUT2D eigenvalue weighted by molar-refractivity contribution is 5.90. The molecule has 3 unspecified atom stereocenters. The number of piperidine rings is 1. The fourth-order valence-electron chi connectivity index (χ4n) is 4.42. The van der Waals surface area contributed by atoms with Gasteiger partial charge in [0.2, 0.25) is 17.7 Å². The third kappa shape index (κ3) is 3.45. The number of fused-ring (bicyclic) bond motifs is 1. The van der Waals surface area contributed by atoms with Crippen LogP contribution < -0.4 is 10.6 Å². The molecule has 4 rings (SSSR count). The molecule has 6 heteroatoms. The van der Waals surface area contributed by atoms with E-state index in [0.29, 0.717) is 43.6 Å². The van der Waals surface area contributed by atoms with Crippen LogP contribution in [0.4, 0.5) is 0 Å². The van der Waals surface area contributed by atoms with Gasteiger partial charge >= 0.3 is 0 Å². The maximum atomic E-state index is 12.5. The Bertz CT molecular complexity index is 736. The lowest BCUT2D eigenvalue weighted by atomic mass is 10.1. The molecule has 0 radical (unpaired) electrons. The summed E-state index contributed by atoms with van der Waals surface area (Å²) in [6.07, 6.45) is 1.48. The molecule has 0 aromatic heterocycles. The van der Waals surface area contributed by atoms with E-state index in [1.807, 2.05) is 30.0 Å². The van der Waals surface area contributed by atoms with Crippen LogP contribution in [0.5, 0.6) is 0 Å². The monoisotopic (exact) mass is 355 g/mol. The highest BCUT2D eigenvalue weighted by Crippen LogP contribution is 2.51. The van der Waals surface area contributed by atoms with Crippen LogP contribution in [-0.2, 0) is 20.8 Å². The van der Waals surface area contributed by atoms with Crippen molar-refractivity contribution in [3.63, 3.8) is 0 Å². The molecule has 1 aliphatic carbocycles. The number of benzene rings is 1. The average Bonchev–Trinajstić information content (AvgIpc) is 2.96. The standard InChI is InChI=1S/C20H25N3O3/c1-12-3-2-4-13(7-12)8-19(25)23-10-15-14(16(15)11-23)9-21-20(26)17-5-6-18(24)22-17/h2-4,7,14-17H,5-6,8-11H2,1H3,(H,21,26)(H,22,24). The van der Waals surface area contributed by atoms with Crippen molar-refractivity contribution >= 4 is 17.7 Å². The van der Waals surface area contributed by atoms with Crippen molar-refractivity contribution in [3.05, 3.63) is 35.4 Å². The van der Waals surface area contributed by atoms with Gasteiger partial charge in [0, 0.05) is 26.1 Å². The minimum Gasteiger partial charge on any atom is -0.354 e. The first-order valence-corrected chi connectivity index (χ1v) is 9.41. The number of rotatable bonds is 5. The van der Waals surface area contributed by atoms with E-state index in [0.717, 1.165) is 18.7 Å². The van der Waals surface area contributed by atoms with Crippen LogP contribution in [0.2, 0.25) is 0 Å². The van der Waals surface area contributed by atoms with Gasteiger partial charge in [0.1, 0.15) is 6.04 Å². The first-order valence-electron chi connectivity index (χ1n) is 9.41. The molecule has 1 aromatic rings. The van der Waals surface area contributed by atoms with Crippen LogP contribution in [-0.4, -0.2) is 48.3 Å². The van der Waals surface area contributed by atoms with Crippen molar-refractivity contribution in [2.75, 3.05) is 19.6 Å². The van der Waals surface area contributed by atoms with Crippen molar-refractivity contribution in [1.82, 2.24) is 15.5 Å². The third-order valence-electron chi connectivity index (χ3n) is 5.99. The van der Waals surface area contributed by atoms with E-state index in [1.165, 1.54) is 5.56 Å². The molecule has 3 aliphatic rings. The Balaban J connectivity index is 1.20. The van der Waals surface area contributed by atoms with Gasteiger partial charge in [0.05, 0.1) is 6.42 Å². The lowest BCUT2D eigenvalue weighted by Crippen LogP contribution is -2.43. The summed E-state index contributed by atoms with van der Waals surface area (Å²) in [5, 5.41) is 5.66. The topological polar surface area (TPSA) is 78.5 Å². The zero-order chi connectivity index (χ0) is 18.3. The molecule has 3 atom stereocenters. The van der Waals surface area contributed by atoms with E-state index < -0.39 is 0 Å². The summed E-state index contributed by atoms with van der Waals surface area (Å²) >= 11 is 0. The molecule has 6 nitrogen and oxygen atoms in total. The molecule has 138 valence electrons. The van der Waals surface area contributed by atoms with Crippen LogP contribution in [0.25, 0.3) is 0 Å². The summed E-state index contributed by atoms with van der Waals surface area (Å²) in [6.45, 7) is 4.29. The number of nitrogens with one attached hydrogen (secondary N) is 2. The number of amides is 3. The summed E-state index contributed by atoms with van der Waals surface area (Å²) in [5.74, 6) is 1.56. The number of carbonyl (C=O) groups is 3. The summed E-state index contributed by atoms with van der Waals surface area (Å²) in [7, 11) is 0. The van der Waals surface area contributed by atoms with Gasteiger partial charge in [0.25, 0.3) is 0 Å². The zero-order valence-electron chi connectivity index (χ0n) is 15.0. The number of nitrogens with zero attached hydrogens (tertiary/aromatic N) is 1. The molecule has 3 amide bonds. The van der Waals surface area contributed by atoms with E-state index in [1.54, 1.807) is 0 Å². The minimum atomic E-state index is -0.367. The van der Waals surface area contributed by atoms with E-state index in [9.17, 15) is 14.4 Å². The maximum absolute atomic E-state index is 12.5. The van der Waals surface area contributed by atoms with Crippen molar-refractivity contribution in [2.24, 2.45) is 17.8 Å². The second kappa shape index (κ2) is 6.74. The van der Waals surface area contributed by atoms with Crippen LogP contribution >= 0.6 is 0 Å². The molecular formula is C20H25N3O3. The number of aryl methyl sites for hydroxylation is 1. The lowest BCUT2D eigenvalue weighted by molar-refractivity contribution is -0.130. The van der Waals surface area contributed by atoms with Crippen LogP contribution in [0.3, 0.4) is 0 Å². The Kier molecular flexibility index (Phi) is 4.42. The molecule has 0 bridgehead atoms. The van der Waals surface area contributed by atoms with Gasteiger partial charge in [0.15, 0.2) is 0 Å². The van der Waals surface area contributed by atoms with Gasteiger partial charge in [-0.25, -0.2) is 0 Å². The van der Waals surface area contributed by atoms with Crippen molar-refractivity contribution in [1.29, 1.82) is 0 Å². The van der Waals surface area contributed by atoms with Crippen molar-refractivity contribution < 1.29 is 14.4 Å². The van der Waals surface area contributed by atoms with E-state index in [2.05, 4.69) is 16.7 Å². The average molecular weight is 355 g/mol. The quantitative estimate of drug-likeness (QED) is 0.813. The predicted molar refractivity (Wildman–Crippen MR) is 96.1 cm³/mol. The van der Waals surface area contributed by atoms with E-state index >= 15 is 0 Å². The van der Waals surface area contributed by atoms with Gasteiger partial charge in [-0.1, -0.05) is 29.8 Å². The van der Waals surface area contributed by atoms with Crippen LogP contribution in [0.1, 0.15) is 24.0 Å². The molecule has 3 fully saturated rings. The second-order valence-electron chi connectivity index (χ2n) is 7.86. The smallest absolute Gasteiger partial charge is 0.242 e. The SMILES string of the molecule is Cc1cccc(CC(=O)N2CC3C(CNC(=O)C4CCC(=O)N4)C3C2)c1. The van der Waals surface area contributed by atoms with Crippen molar-refractivity contribution in [2.45, 2.75) is 32.2 Å². The van der Waals surface area contributed by atoms with Gasteiger partial charge in [-0.2, -0.15) is 0 Å². The molecule has 2 saturated heterocycles. The van der Waals surface area contributed by atoms with E-state index in [4.69, 9.17) is 0 Å². The predicted octanol–water partition coefficient (Wildman–Crippen LogP) is 0.637. The summed E-state index contributed by atoms with van der Waals surface area (Å²) < 4.78 is 0. The Morgan fingerprint density at radius 3 is 2.69 bits per heavy atom. The summed E-state index contributed by atoms with van der Waals surface area (Å²) in [4.78, 5) is 37.7. The molecule has 1 saturated carbocycles. The van der Waals surface area contributed by atoms with Gasteiger partial charge < -0.3 is 15.5 Å². The molecule has 1 aromatic carbocycles. The Labute approximate surface area is 153 Å². The number of hydrogen-bond donors (Lipinski definition) is 2. The highest BCUT2D eigenvalue weighted by Gasteiger charge is 2.56. The molecule has 26 heavy (non-hydrogen) atoms. The first-order chi connectivity index (χ1) is 12.5. The fraction of sp³-hybridized carbons (Fsp3) is 0.550. The second-order valence-corrected chi connectivity index (χ2v) is 7.86. The molecule has 0 spiro atoms. The minimum absolute atomic E-state index is 0.0452. The third-order valence-corrected chi connectivity index (χ3v) is 5.99. The van der Waals surface area contributed by atoms with Crippen LogP contribution in [0.15, 0.2) is 24.3 Å². The number of carbonyl (C=O) groups excluding carboxylic acids is 3. The van der Waals surface area contributed by atoms with Gasteiger partial charge in [-0.05, 0) is 36.7 Å². The van der Waals surface area contributed by atoms with Gasteiger partial charge in [-0.15, -0.1) is 0 Å².